The number of hydrogen-bond donors (Lipinski definition) is 2. The van der Waals surface area contributed by atoms with Gasteiger partial charge >= 0.3 is 0 Å². The van der Waals surface area contributed by atoms with Gasteiger partial charge in [-0.1, -0.05) is 0 Å². The molecule has 2 N–H and O–H groups in total. The zero-order valence-corrected chi connectivity index (χ0v) is 8.75. The Labute approximate surface area is 88.3 Å². The van der Waals surface area contributed by atoms with Crippen molar-refractivity contribution in [3.8, 4) is 5.75 Å². The number of rotatable bonds is 0. The zero-order valence-electron chi connectivity index (χ0n) is 8.75. The van der Waals surface area contributed by atoms with Crippen LogP contribution >= 0.6 is 0 Å². The predicted molar refractivity (Wildman–Crippen MR) is 60.0 cm³/mol. The van der Waals surface area contributed by atoms with Crippen LogP contribution in [0, 0.1) is 0 Å². The fourth-order valence-corrected chi connectivity index (χ4v) is 2.36. The summed E-state index contributed by atoms with van der Waals surface area (Å²) >= 11 is 0. The van der Waals surface area contributed by atoms with Crippen LogP contribution in [0.3, 0.4) is 0 Å². The van der Waals surface area contributed by atoms with Gasteiger partial charge in [-0.15, -0.1) is 0 Å². The molecule has 0 unspecified atom stereocenters. The van der Waals surface area contributed by atoms with E-state index in [9.17, 15) is 5.11 Å². The molecule has 15 heavy (non-hydrogen) atoms. The van der Waals surface area contributed by atoms with Crippen LogP contribution in [0.15, 0.2) is 18.2 Å². The number of nitrogens with zero attached hydrogens (tertiary/aromatic N) is 1. The van der Waals surface area contributed by atoms with E-state index < -0.39 is 0 Å². The largest absolute Gasteiger partial charge is 0.508 e. The second kappa shape index (κ2) is 3.00. The van der Waals surface area contributed by atoms with Crippen molar-refractivity contribution < 1.29 is 5.11 Å². The van der Waals surface area contributed by atoms with Gasteiger partial charge in [0.1, 0.15) is 5.75 Å². The number of aromatic amines is 1. The van der Waals surface area contributed by atoms with Crippen molar-refractivity contribution >= 4 is 10.9 Å². The highest BCUT2D eigenvalue weighted by Crippen LogP contribution is 2.29. The number of H-pyrrole nitrogens is 1. The monoisotopic (exact) mass is 202 g/mol. The standard InChI is InChI=1S/C12H14N2O/c1-14-5-4-9-10-6-8(15)2-3-11(10)13-12(9)7-14/h2-3,6,13,15H,4-5,7H2,1H3. The fraction of sp³-hybridized carbons (Fsp3) is 0.333. The van der Waals surface area contributed by atoms with Crippen LogP contribution < -0.4 is 0 Å². The second-order valence-electron chi connectivity index (χ2n) is 4.30. The lowest BCUT2D eigenvalue weighted by atomic mass is 10.0. The summed E-state index contributed by atoms with van der Waals surface area (Å²) in [6.07, 6.45) is 1.06. The Hall–Kier alpha value is -1.48. The molecule has 1 aliphatic heterocycles. The number of fused-ring (bicyclic) bond motifs is 3. The molecule has 2 heterocycles. The highest BCUT2D eigenvalue weighted by Gasteiger charge is 2.17. The smallest absolute Gasteiger partial charge is 0.116 e. The van der Waals surface area contributed by atoms with Gasteiger partial charge < -0.3 is 15.0 Å². The number of aromatic hydroxyl groups is 1. The molecule has 0 fully saturated rings. The Morgan fingerprint density at radius 1 is 1.40 bits per heavy atom. The summed E-state index contributed by atoms with van der Waals surface area (Å²) in [5.74, 6) is 0.350. The maximum Gasteiger partial charge on any atom is 0.116 e. The highest BCUT2D eigenvalue weighted by atomic mass is 16.3. The van der Waals surface area contributed by atoms with E-state index in [0.29, 0.717) is 5.75 Å². The van der Waals surface area contributed by atoms with Crippen molar-refractivity contribution in [2.45, 2.75) is 13.0 Å². The van der Waals surface area contributed by atoms with Crippen molar-refractivity contribution in [2.75, 3.05) is 13.6 Å². The lowest BCUT2D eigenvalue weighted by Gasteiger charge is -2.22. The molecule has 3 heteroatoms. The van der Waals surface area contributed by atoms with Crippen LogP contribution in [0.25, 0.3) is 10.9 Å². The van der Waals surface area contributed by atoms with Crippen LogP contribution in [-0.4, -0.2) is 28.6 Å². The lowest BCUT2D eigenvalue weighted by molar-refractivity contribution is 0.310. The minimum absolute atomic E-state index is 0.350. The quantitative estimate of drug-likeness (QED) is 0.684. The van der Waals surface area contributed by atoms with Crippen LogP contribution in [0.4, 0.5) is 0 Å². The zero-order chi connectivity index (χ0) is 10.4. The van der Waals surface area contributed by atoms with E-state index >= 15 is 0 Å². The van der Waals surface area contributed by atoms with Crippen LogP contribution in [0.5, 0.6) is 5.75 Å². The van der Waals surface area contributed by atoms with Crippen molar-refractivity contribution in [1.82, 2.24) is 9.88 Å². The third-order valence-corrected chi connectivity index (χ3v) is 3.15. The molecule has 1 aromatic heterocycles. The van der Waals surface area contributed by atoms with Gasteiger partial charge in [0.05, 0.1) is 0 Å². The number of benzene rings is 1. The van der Waals surface area contributed by atoms with Crippen molar-refractivity contribution in [3.63, 3.8) is 0 Å². The average molecular weight is 202 g/mol. The number of phenols is 1. The SMILES string of the molecule is CN1CCc2c([nH]c3ccc(O)cc23)C1. The summed E-state index contributed by atoms with van der Waals surface area (Å²) in [5, 5.41) is 10.7. The maximum absolute atomic E-state index is 9.48. The molecule has 1 aliphatic rings. The molecule has 0 amide bonds. The Balaban J connectivity index is 2.24. The van der Waals surface area contributed by atoms with E-state index in [1.54, 1.807) is 6.07 Å². The van der Waals surface area contributed by atoms with Gasteiger partial charge in [-0.25, -0.2) is 0 Å². The Morgan fingerprint density at radius 3 is 3.13 bits per heavy atom. The van der Waals surface area contributed by atoms with Crippen LogP contribution in [0.1, 0.15) is 11.3 Å². The molecule has 78 valence electrons. The molecule has 0 saturated carbocycles. The summed E-state index contributed by atoms with van der Waals surface area (Å²) in [6, 6.07) is 5.53. The molecular formula is C12H14N2O. The normalized spacial score (nSPS) is 16.9. The molecular weight excluding hydrogens is 188 g/mol. The minimum atomic E-state index is 0.350. The summed E-state index contributed by atoms with van der Waals surface area (Å²) in [6.45, 7) is 2.07. The van der Waals surface area contributed by atoms with Gasteiger partial charge in [0.2, 0.25) is 0 Å². The van der Waals surface area contributed by atoms with Gasteiger partial charge in [0, 0.05) is 29.7 Å². The first-order valence-corrected chi connectivity index (χ1v) is 5.25. The molecule has 1 aromatic carbocycles. The van der Waals surface area contributed by atoms with Crippen LogP contribution in [0.2, 0.25) is 0 Å². The Bertz CT molecular complexity index is 516. The van der Waals surface area contributed by atoms with Crippen molar-refractivity contribution in [1.29, 1.82) is 0 Å². The summed E-state index contributed by atoms with van der Waals surface area (Å²) in [5.41, 5.74) is 3.80. The number of aromatic nitrogens is 1. The number of phenolic OH excluding ortho intramolecular Hbond substituents is 1. The molecule has 0 radical (unpaired) electrons. The van der Waals surface area contributed by atoms with E-state index in [4.69, 9.17) is 0 Å². The molecule has 0 bridgehead atoms. The summed E-state index contributed by atoms with van der Waals surface area (Å²) < 4.78 is 0. The topological polar surface area (TPSA) is 39.3 Å². The van der Waals surface area contributed by atoms with E-state index in [1.165, 1.54) is 16.6 Å². The Kier molecular flexibility index (Phi) is 1.76. The van der Waals surface area contributed by atoms with E-state index in [2.05, 4.69) is 16.9 Å². The molecule has 0 aliphatic carbocycles. The van der Waals surface area contributed by atoms with Crippen LogP contribution in [-0.2, 0) is 13.0 Å². The summed E-state index contributed by atoms with van der Waals surface area (Å²) in [7, 11) is 2.13. The van der Waals surface area contributed by atoms with Crippen molar-refractivity contribution in [2.24, 2.45) is 0 Å². The second-order valence-corrected chi connectivity index (χ2v) is 4.30. The minimum Gasteiger partial charge on any atom is -0.508 e. The molecule has 3 nitrogen and oxygen atoms in total. The highest BCUT2D eigenvalue weighted by molar-refractivity contribution is 5.86. The third kappa shape index (κ3) is 1.31. The lowest BCUT2D eigenvalue weighted by Crippen LogP contribution is -2.26. The van der Waals surface area contributed by atoms with Gasteiger partial charge in [0.15, 0.2) is 0 Å². The van der Waals surface area contributed by atoms with E-state index in [-0.39, 0.29) is 0 Å². The van der Waals surface area contributed by atoms with Gasteiger partial charge in [-0.3, -0.25) is 0 Å². The molecule has 3 rings (SSSR count). The third-order valence-electron chi connectivity index (χ3n) is 3.15. The number of hydrogen-bond acceptors (Lipinski definition) is 2. The Morgan fingerprint density at radius 2 is 2.27 bits per heavy atom. The summed E-state index contributed by atoms with van der Waals surface area (Å²) in [4.78, 5) is 5.72. The molecule has 2 aromatic rings. The predicted octanol–water partition coefficient (Wildman–Crippen LogP) is 1.86. The van der Waals surface area contributed by atoms with Gasteiger partial charge in [0.25, 0.3) is 0 Å². The fourth-order valence-electron chi connectivity index (χ4n) is 2.36. The molecule has 0 spiro atoms. The average Bonchev–Trinajstić information content (AvgIpc) is 2.54. The number of likely N-dealkylation sites (N-methyl/N-ethyl adjacent to an activating group) is 1. The first-order chi connectivity index (χ1) is 7.24. The van der Waals surface area contributed by atoms with Gasteiger partial charge in [-0.05, 0) is 37.2 Å². The van der Waals surface area contributed by atoms with E-state index in [1.807, 2.05) is 12.1 Å². The molecule has 0 atom stereocenters. The first kappa shape index (κ1) is 8.80. The van der Waals surface area contributed by atoms with Gasteiger partial charge in [-0.2, -0.15) is 0 Å². The van der Waals surface area contributed by atoms with E-state index in [0.717, 1.165) is 25.0 Å². The molecule has 0 saturated heterocycles. The number of nitrogens with one attached hydrogen (secondary N) is 1. The maximum atomic E-state index is 9.48. The van der Waals surface area contributed by atoms with Crippen molar-refractivity contribution in [3.05, 3.63) is 29.5 Å². The first-order valence-electron chi connectivity index (χ1n) is 5.25.